The highest BCUT2D eigenvalue weighted by atomic mass is 32.2. The van der Waals surface area contributed by atoms with Gasteiger partial charge in [0.15, 0.2) is 15.7 Å². The number of carbonyl (C=O) groups is 1. The molecule has 172 valence electrons. The van der Waals surface area contributed by atoms with E-state index in [1.165, 1.54) is 0 Å². The number of amides is 1. The first-order chi connectivity index (χ1) is 15.2. The van der Waals surface area contributed by atoms with Crippen molar-refractivity contribution < 1.29 is 17.9 Å². The number of benzene rings is 1. The van der Waals surface area contributed by atoms with Gasteiger partial charge in [-0.1, -0.05) is 0 Å². The van der Waals surface area contributed by atoms with Crippen LogP contribution in [0.25, 0.3) is 0 Å². The number of likely N-dealkylation sites (N-methyl/N-ethyl adjacent to an activating group) is 1. The SMILES string of the molecule is CC1C(=O)N(C)c2ccc(Nc3ccc(S(=O)(=O)C(C)C)cc3)nc2N1C1CCOCC1. The van der Waals surface area contributed by atoms with Crippen LogP contribution in [0.2, 0.25) is 0 Å². The topological polar surface area (TPSA) is 91.8 Å². The summed E-state index contributed by atoms with van der Waals surface area (Å²) >= 11 is 0. The third-order valence-corrected chi connectivity index (χ3v) is 8.40. The zero-order valence-electron chi connectivity index (χ0n) is 18.9. The van der Waals surface area contributed by atoms with Gasteiger partial charge in [-0.3, -0.25) is 4.79 Å². The third kappa shape index (κ3) is 4.06. The maximum Gasteiger partial charge on any atom is 0.249 e. The molecule has 8 nitrogen and oxygen atoms in total. The lowest BCUT2D eigenvalue weighted by Gasteiger charge is -2.44. The van der Waals surface area contributed by atoms with Crippen LogP contribution in [-0.4, -0.2) is 56.9 Å². The smallest absolute Gasteiger partial charge is 0.249 e. The van der Waals surface area contributed by atoms with Crippen LogP contribution in [0, 0.1) is 0 Å². The normalized spacial score (nSPS) is 19.9. The molecule has 1 fully saturated rings. The Kier molecular flexibility index (Phi) is 6.13. The van der Waals surface area contributed by atoms with Gasteiger partial charge >= 0.3 is 0 Å². The number of rotatable bonds is 5. The van der Waals surface area contributed by atoms with Crippen molar-refractivity contribution in [2.45, 2.75) is 55.8 Å². The van der Waals surface area contributed by atoms with Crippen LogP contribution >= 0.6 is 0 Å². The first-order valence-electron chi connectivity index (χ1n) is 11.0. The fourth-order valence-electron chi connectivity index (χ4n) is 4.26. The number of ether oxygens (including phenoxy) is 1. The Balaban J connectivity index is 1.64. The maximum absolute atomic E-state index is 12.8. The Morgan fingerprint density at radius 2 is 1.75 bits per heavy atom. The highest BCUT2D eigenvalue weighted by molar-refractivity contribution is 7.92. The number of hydrogen-bond acceptors (Lipinski definition) is 7. The fourth-order valence-corrected chi connectivity index (χ4v) is 5.32. The molecule has 2 aliphatic heterocycles. The predicted molar refractivity (Wildman–Crippen MR) is 125 cm³/mol. The Labute approximate surface area is 189 Å². The van der Waals surface area contributed by atoms with Gasteiger partial charge in [0.2, 0.25) is 5.91 Å². The minimum atomic E-state index is -3.31. The van der Waals surface area contributed by atoms with Gasteiger partial charge in [-0.15, -0.1) is 0 Å². The lowest BCUT2D eigenvalue weighted by atomic mass is 10.0. The number of hydrogen-bond donors (Lipinski definition) is 1. The average Bonchev–Trinajstić information content (AvgIpc) is 2.78. The molecule has 1 atom stereocenters. The number of aromatic nitrogens is 1. The number of nitrogens with zero attached hydrogens (tertiary/aromatic N) is 3. The van der Waals surface area contributed by atoms with E-state index in [1.54, 1.807) is 50.1 Å². The molecule has 1 saturated heterocycles. The molecule has 1 amide bonds. The van der Waals surface area contributed by atoms with Crippen LogP contribution in [0.4, 0.5) is 23.0 Å². The minimum absolute atomic E-state index is 0.0495. The minimum Gasteiger partial charge on any atom is -0.381 e. The van der Waals surface area contributed by atoms with E-state index in [2.05, 4.69) is 10.2 Å². The van der Waals surface area contributed by atoms with Crippen LogP contribution in [0.1, 0.15) is 33.6 Å². The van der Waals surface area contributed by atoms with Gasteiger partial charge in [-0.2, -0.15) is 0 Å². The molecule has 0 bridgehead atoms. The first-order valence-corrected chi connectivity index (χ1v) is 12.5. The molecule has 1 aromatic heterocycles. The van der Waals surface area contributed by atoms with Crippen molar-refractivity contribution in [2.75, 3.05) is 35.4 Å². The summed E-state index contributed by atoms with van der Waals surface area (Å²) in [6.07, 6.45) is 1.71. The number of carbonyl (C=O) groups excluding carboxylic acids is 1. The second-order valence-corrected chi connectivity index (χ2v) is 11.1. The first kappa shape index (κ1) is 22.5. The van der Waals surface area contributed by atoms with E-state index in [-0.39, 0.29) is 18.0 Å². The average molecular weight is 459 g/mol. The van der Waals surface area contributed by atoms with Gasteiger partial charge in [0, 0.05) is 32.0 Å². The van der Waals surface area contributed by atoms with Gasteiger partial charge in [-0.25, -0.2) is 13.4 Å². The largest absolute Gasteiger partial charge is 0.381 e. The molecule has 0 aliphatic carbocycles. The zero-order valence-corrected chi connectivity index (χ0v) is 19.7. The van der Waals surface area contributed by atoms with Gasteiger partial charge < -0.3 is 19.9 Å². The van der Waals surface area contributed by atoms with Crippen LogP contribution in [0.3, 0.4) is 0 Å². The predicted octanol–water partition coefficient (Wildman–Crippen LogP) is 3.36. The van der Waals surface area contributed by atoms with Gasteiger partial charge in [-0.05, 0) is 70.0 Å². The van der Waals surface area contributed by atoms with E-state index < -0.39 is 15.1 Å². The van der Waals surface area contributed by atoms with Crippen molar-refractivity contribution in [2.24, 2.45) is 0 Å². The summed E-state index contributed by atoms with van der Waals surface area (Å²) in [7, 11) is -1.53. The van der Waals surface area contributed by atoms with E-state index in [0.717, 1.165) is 30.0 Å². The van der Waals surface area contributed by atoms with Crippen molar-refractivity contribution in [1.29, 1.82) is 0 Å². The third-order valence-electron chi connectivity index (χ3n) is 6.23. The van der Waals surface area contributed by atoms with E-state index in [9.17, 15) is 13.2 Å². The number of pyridine rings is 1. The van der Waals surface area contributed by atoms with Crippen molar-refractivity contribution >= 4 is 38.8 Å². The number of anilines is 4. The monoisotopic (exact) mass is 458 g/mol. The molecular weight excluding hydrogens is 428 g/mol. The Bertz CT molecular complexity index is 1100. The van der Waals surface area contributed by atoms with E-state index in [1.807, 2.05) is 19.1 Å². The lowest BCUT2D eigenvalue weighted by Crippen LogP contribution is -2.56. The summed E-state index contributed by atoms with van der Waals surface area (Å²) in [6, 6.07) is 10.3. The van der Waals surface area contributed by atoms with Gasteiger partial charge in [0.25, 0.3) is 0 Å². The molecule has 1 unspecified atom stereocenters. The van der Waals surface area contributed by atoms with E-state index >= 15 is 0 Å². The van der Waals surface area contributed by atoms with Crippen molar-refractivity contribution in [3.8, 4) is 0 Å². The summed E-state index contributed by atoms with van der Waals surface area (Å²) < 4.78 is 30.2. The zero-order chi connectivity index (χ0) is 23.0. The van der Waals surface area contributed by atoms with Crippen molar-refractivity contribution in [3.63, 3.8) is 0 Å². The summed E-state index contributed by atoms with van der Waals surface area (Å²) in [5.74, 6) is 1.46. The highest BCUT2D eigenvalue weighted by Gasteiger charge is 2.39. The molecule has 0 saturated carbocycles. The second-order valence-electron chi connectivity index (χ2n) is 8.61. The van der Waals surface area contributed by atoms with Crippen LogP contribution < -0.4 is 15.1 Å². The van der Waals surface area contributed by atoms with Crippen LogP contribution in [-0.2, 0) is 19.4 Å². The van der Waals surface area contributed by atoms with Crippen LogP contribution in [0.5, 0.6) is 0 Å². The molecule has 3 heterocycles. The summed E-state index contributed by atoms with van der Waals surface area (Å²) in [5.41, 5.74) is 1.52. The van der Waals surface area contributed by atoms with Gasteiger partial charge in [0.05, 0.1) is 15.8 Å². The van der Waals surface area contributed by atoms with Crippen molar-refractivity contribution in [3.05, 3.63) is 36.4 Å². The number of sulfone groups is 1. The highest BCUT2D eigenvalue weighted by Crippen LogP contribution is 2.38. The molecule has 2 aliphatic rings. The molecule has 1 aromatic carbocycles. The molecule has 0 spiro atoms. The number of fused-ring (bicyclic) bond motifs is 1. The summed E-state index contributed by atoms with van der Waals surface area (Å²) in [4.78, 5) is 21.8. The van der Waals surface area contributed by atoms with E-state index in [4.69, 9.17) is 9.72 Å². The quantitative estimate of drug-likeness (QED) is 0.734. The molecule has 0 radical (unpaired) electrons. The molecule has 4 rings (SSSR count). The molecular formula is C23H30N4O4S. The van der Waals surface area contributed by atoms with E-state index in [0.29, 0.717) is 23.9 Å². The summed E-state index contributed by atoms with van der Waals surface area (Å²) in [6.45, 7) is 6.62. The Hall–Kier alpha value is -2.65. The molecule has 1 N–H and O–H groups in total. The fraction of sp³-hybridized carbons (Fsp3) is 0.478. The Morgan fingerprint density at radius 1 is 1.09 bits per heavy atom. The van der Waals surface area contributed by atoms with Crippen LogP contribution in [0.15, 0.2) is 41.3 Å². The van der Waals surface area contributed by atoms with Crippen molar-refractivity contribution in [1.82, 2.24) is 4.98 Å². The maximum atomic E-state index is 12.8. The molecule has 32 heavy (non-hydrogen) atoms. The number of nitrogens with one attached hydrogen (secondary N) is 1. The lowest BCUT2D eigenvalue weighted by molar-refractivity contribution is -0.119. The Morgan fingerprint density at radius 3 is 2.38 bits per heavy atom. The van der Waals surface area contributed by atoms with Gasteiger partial charge in [0.1, 0.15) is 11.9 Å². The standard InChI is InChI=1S/C23H30N4O4S/c1-15(2)32(29,30)19-7-5-17(6-8-19)24-21-10-9-20-22(25-21)27(16(3)23(28)26(20)4)18-11-13-31-14-12-18/h5-10,15-16,18H,11-14H2,1-4H3,(H,24,25). The molecule has 2 aromatic rings. The second kappa shape index (κ2) is 8.71. The summed E-state index contributed by atoms with van der Waals surface area (Å²) in [5, 5.41) is 2.79. The molecule has 9 heteroatoms.